The number of carboxylic acid groups (broad SMARTS) is 1. The third kappa shape index (κ3) is 7.54. The number of sulfonamides is 1. The van der Waals surface area contributed by atoms with E-state index in [0.717, 1.165) is 18.4 Å². The maximum Gasteiger partial charge on any atom is 0.405 e. The van der Waals surface area contributed by atoms with Gasteiger partial charge in [-0.15, -0.1) is 0 Å². The van der Waals surface area contributed by atoms with Gasteiger partial charge in [0, 0.05) is 31.3 Å². The minimum atomic E-state index is -3.74. The number of halogens is 3. The molecule has 0 saturated heterocycles. The van der Waals surface area contributed by atoms with Crippen molar-refractivity contribution in [2.75, 3.05) is 23.3 Å². The smallest absolute Gasteiger partial charge is 0.405 e. The molecule has 0 bridgehead atoms. The van der Waals surface area contributed by atoms with Gasteiger partial charge in [0.05, 0.1) is 39.6 Å². The van der Waals surface area contributed by atoms with E-state index < -0.39 is 39.4 Å². The van der Waals surface area contributed by atoms with Gasteiger partial charge in [-0.25, -0.2) is 27.0 Å². The lowest BCUT2D eigenvalue weighted by molar-refractivity contribution is 0.143. The molecule has 11 nitrogen and oxygen atoms in total. The summed E-state index contributed by atoms with van der Waals surface area (Å²) in [4.78, 5) is 16.7. The van der Waals surface area contributed by atoms with Crippen molar-refractivity contribution in [1.82, 2.24) is 20.1 Å². The van der Waals surface area contributed by atoms with E-state index in [1.165, 1.54) is 24.6 Å². The summed E-state index contributed by atoms with van der Waals surface area (Å²) >= 11 is 6.52. The lowest BCUT2D eigenvalue weighted by Crippen LogP contribution is -2.30. The molecule has 5 N–H and O–H groups in total. The predicted molar refractivity (Wildman–Crippen MR) is 164 cm³/mol. The van der Waals surface area contributed by atoms with E-state index in [-0.39, 0.29) is 39.6 Å². The summed E-state index contributed by atoms with van der Waals surface area (Å²) in [6, 6.07) is 6.53. The van der Waals surface area contributed by atoms with Gasteiger partial charge < -0.3 is 20.8 Å². The molecular formula is C29H29ClF2N6O5S. The molecule has 4 aromatic rings. The Morgan fingerprint density at radius 3 is 2.39 bits per heavy atom. The first kappa shape index (κ1) is 32.5. The van der Waals surface area contributed by atoms with Crippen LogP contribution >= 0.6 is 11.6 Å². The van der Waals surface area contributed by atoms with Crippen LogP contribution in [-0.4, -0.2) is 58.4 Å². The molecule has 1 atom stereocenters. The maximum atomic E-state index is 14.1. The predicted octanol–water partition coefficient (Wildman–Crippen LogP) is 4.65. The number of aryl methyl sites for hydroxylation is 1. The first-order valence-corrected chi connectivity index (χ1v) is 15.3. The Bertz CT molecular complexity index is 1930. The van der Waals surface area contributed by atoms with Crippen LogP contribution in [0.4, 0.5) is 25.1 Å². The largest absolute Gasteiger partial charge is 0.465 e. The molecule has 0 fully saturated rings. The molecule has 0 aliphatic heterocycles. The van der Waals surface area contributed by atoms with Crippen molar-refractivity contribution in [2.24, 2.45) is 7.05 Å². The van der Waals surface area contributed by atoms with E-state index in [4.69, 9.17) is 16.6 Å². The van der Waals surface area contributed by atoms with Crippen LogP contribution in [0, 0.1) is 23.5 Å². The van der Waals surface area contributed by atoms with Gasteiger partial charge in [0.1, 0.15) is 22.9 Å². The highest BCUT2D eigenvalue weighted by Gasteiger charge is 2.27. The molecule has 232 valence electrons. The number of fused-ring (bicyclic) bond motifs is 1. The zero-order valence-corrected chi connectivity index (χ0v) is 25.8. The van der Waals surface area contributed by atoms with Crippen LogP contribution in [-0.2, 0) is 23.5 Å². The summed E-state index contributed by atoms with van der Waals surface area (Å²) in [6.07, 6.45) is -0.665. The Morgan fingerprint density at radius 2 is 1.82 bits per heavy atom. The molecule has 44 heavy (non-hydrogen) atoms. The number of hydrogen-bond donors (Lipinski definition) is 5. The molecule has 15 heteroatoms. The second-order valence-corrected chi connectivity index (χ2v) is 12.7. The summed E-state index contributed by atoms with van der Waals surface area (Å²) in [5, 5.41) is 30.2. The van der Waals surface area contributed by atoms with E-state index in [2.05, 4.69) is 32.3 Å². The van der Waals surface area contributed by atoms with Crippen molar-refractivity contribution in [3.05, 3.63) is 70.0 Å². The van der Waals surface area contributed by atoms with Crippen molar-refractivity contribution in [2.45, 2.75) is 31.9 Å². The molecule has 1 unspecified atom stereocenters. The quantitative estimate of drug-likeness (QED) is 0.173. The topological polar surface area (TPSA) is 158 Å². The standard InChI is InChI=1S/C29H29ClF2N6O5S/c1-29(2,41)9-8-21-22(33-3)14-19(18-6-7-20(30)24-26(18)38(4)36-27(24)37-44(5,42)43)25(34-21)23(35-28(39)40)12-15-10-16(31)13-17(32)11-15/h6-7,10-11,13-14,23,33,35,41H,12H2,1-5H3,(H,36,37)(H,39,40). The van der Waals surface area contributed by atoms with Crippen LogP contribution in [0.15, 0.2) is 36.4 Å². The van der Waals surface area contributed by atoms with E-state index >= 15 is 0 Å². The molecule has 0 aliphatic rings. The average molecular weight is 647 g/mol. The van der Waals surface area contributed by atoms with Crippen molar-refractivity contribution in [3.63, 3.8) is 0 Å². The molecule has 2 aromatic heterocycles. The van der Waals surface area contributed by atoms with Crippen LogP contribution in [0.3, 0.4) is 0 Å². The van der Waals surface area contributed by atoms with E-state index in [1.807, 2.05) is 0 Å². The SMILES string of the molecule is CNc1cc(-c2ccc(Cl)c3c(NS(C)(=O)=O)nn(C)c23)c(C(Cc2cc(F)cc(F)c2)NC(=O)O)nc1C#CC(C)(C)O. The Labute approximate surface area is 257 Å². The Balaban J connectivity index is 2.08. The molecule has 0 aliphatic carbocycles. The zero-order valence-electron chi connectivity index (χ0n) is 24.3. The van der Waals surface area contributed by atoms with E-state index in [0.29, 0.717) is 28.4 Å². The fourth-order valence-corrected chi connectivity index (χ4v) is 5.41. The molecule has 2 aromatic carbocycles. The molecule has 0 saturated carbocycles. The number of nitrogens with one attached hydrogen (secondary N) is 3. The molecule has 0 radical (unpaired) electrons. The fourth-order valence-electron chi connectivity index (χ4n) is 4.68. The maximum absolute atomic E-state index is 14.1. The van der Waals surface area contributed by atoms with Crippen molar-refractivity contribution in [3.8, 4) is 23.0 Å². The fraction of sp³-hybridized carbons (Fsp3) is 0.276. The molecular weight excluding hydrogens is 618 g/mol. The molecule has 1 amide bonds. The Hall–Kier alpha value is -4.45. The number of aromatic nitrogens is 3. The second-order valence-electron chi connectivity index (χ2n) is 10.5. The van der Waals surface area contributed by atoms with Gasteiger partial charge in [0.2, 0.25) is 10.0 Å². The van der Waals surface area contributed by atoms with E-state index in [1.54, 1.807) is 26.2 Å². The highest BCUT2D eigenvalue weighted by molar-refractivity contribution is 7.92. The summed E-state index contributed by atoms with van der Waals surface area (Å²) in [5.41, 5.74) is 0.630. The number of anilines is 2. The number of pyridine rings is 1. The lowest BCUT2D eigenvalue weighted by atomic mass is 9.93. The summed E-state index contributed by atoms with van der Waals surface area (Å²) in [5.74, 6) is 3.79. The van der Waals surface area contributed by atoms with Gasteiger partial charge in [-0.05, 0) is 56.0 Å². The summed E-state index contributed by atoms with van der Waals surface area (Å²) < 4.78 is 56.2. The zero-order chi connectivity index (χ0) is 32.6. The molecule has 0 spiro atoms. The number of benzene rings is 2. The van der Waals surface area contributed by atoms with Crippen LogP contribution in [0.2, 0.25) is 5.02 Å². The Kier molecular flexibility index (Phi) is 9.06. The minimum absolute atomic E-state index is 0.0247. The number of hydrogen-bond acceptors (Lipinski definition) is 7. The molecule has 4 rings (SSSR count). The number of aliphatic hydroxyl groups is 1. The minimum Gasteiger partial charge on any atom is -0.465 e. The lowest BCUT2D eigenvalue weighted by Gasteiger charge is -2.22. The van der Waals surface area contributed by atoms with Crippen molar-refractivity contribution < 1.29 is 32.2 Å². The van der Waals surface area contributed by atoms with Gasteiger partial charge >= 0.3 is 6.09 Å². The van der Waals surface area contributed by atoms with Gasteiger partial charge in [0.25, 0.3) is 0 Å². The summed E-state index contributed by atoms with van der Waals surface area (Å²) in [6.45, 7) is 2.97. The monoisotopic (exact) mass is 646 g/mol. The van der Waals surface area contributed by atoms with Crippen LogP contribution in [0.5, 0.6) is 0 Å². The second kappa shape index (κ2) is 12.3. The van der Waals surface area contributed by atoms with Gasteiger partial charge in [-0.2, -0.15) is 5.10 Å². The van der Waals surface area contributed by atoms with E-state index in [9.17, 15) is 32.2 Å². The third-order valence-corrected chi connectivity index (χ3v) is 7.19. The number of rotatable bonds is 8. The van der Waals surface area contributed by atoms with Crippen molar-refractivity contribution >= 4 is 50.1 Å². The van der Waals surface area contributed by atoms with Gasteiger partial charge in [0.15, 0.2) is 5.82 Å². The highest BCUT2D eigenvalue weighted by Crippen LogP contribution is 2.41. The normalized spacial score (nSPS) is 12.4. The Morgan fingerprint density at radius 1 is 1.16 bits per heavy atom. The highest BCUT2D eigenvalue weighted by atomic mass is 35.5. The number of amides is 1. The first-order chi connectivity index (χ1) is 20.5. The first-order valence-electron chi connectivity index (χ1n) is 13.0. The van der Waals surface area contributed by atoms with Gasteiger partial charge in [-0.1, -0.05) is 23.6 Å². The van der Waals surface area contributed by atoms with Crippen LogP contribution in [0.1, 0.15) is 36.8 Å². The average Bonchev–Trinajstić information content (AvgIpc) is 3.20. The molecule has 2 heterocycles. The van der Waals surface area contributed by atoms with Crippen molar-refractivity contribution in [1.29, 1.82) is 0 Å². The summed E-state index contributed by atoms with van der Waals surface area (Å²) in [7, 11) is -0.544. The van der Waals surface area contributed by atoms with Gasteiger partial charge in [-0.3, -0.25) is 9.40 Å². The van der Waals surface area contributed by atoms with Crippen LogP contribution in [0.25, 0.3) is 22.0 Å². The van der Waals surface area contributed by atoms with Crippen LogP contribution < -0.4 is 15.4 Å². The number of nitrogens with zero attached hydrogens (tertiary/aromatic N) is 3. The number of carbonyl (C=O) groups is 1. The third-order valence-electron chi connectivity index (χ3n) is 6.31.